The van der Waals surface area contributed by atoms with Crippen LogP contribution >= 0.6 is 0 Å². The summed E-state index contributed by atoms with van der Waals surface area (Å²) in [5.74, 6) is 0.500. The van der Waals surface area contributed by atoms with Crippen molar-refractivity contribution in [2.45, 2.75) is 30.8 Å². The number of aliphatic hydroxyl groups is 1. The first kappa shape index (κ1) is 18.6. The molecule has 2 aliphatic heterocycles. The standard InChI is InChI=1S/C21H30N4O2/c26-21(14-22-8-11-27-16-21)15-25-9-6-18(7-10-25)20-13-19(23-24-20)12-17-4-2-1-3-5-17/h1-5,13,18,22,26H,6-12,14-16H2,(H,23,24). The van der Waals surface area contributed by atoms with E-state index in [9.17, 15) is 5.11 Å². The van der Waals surface area contributed by atoms with Crippen LogP contribution < -0.4 is 5.32 Å². The van der Waals surface area contributed by atoms with E-state index in [1.165, 1.54) is 17.0 Å². The van der Waals surface area contributed by atoms with Crippen molar-refractivity contribution in [1.29, 1.82) is 0 Å². The molecule has 0 saturated carbocycles. The Labute approximate surface area is 160 Å². The zero-order valence-corrected chi connectivity index (χ0v) is 15.9. The summed E-state index contributed by atoms with van der Waals surface area (Å²) >= 11 is 0. The molecule has 0 spiro atoms. The van der Waals surface area contributed by atoms with Gasteiger partial charge in [-0.15, -0.1) is 0 Å². The Morgan fingerprint density at radius 2 is 2.04 bits per heavy atom. The number of nitrogens with one attached hydrogen (secondary N) is 2. The third kappa shape index (κ3) is 4.96. The van der Waals surface area contributed by atoms with Crippen LogP contribution in [0.4, 0.5) is 0 Å². The Kier molecular flexibility index (Phi) is 5.88. The van der Waals surface area contributed by atoms with E-state index in [4.69, 9.17) is 4.74 Å². The van der Waals surface area contributed by atoms with Crippen LogP contribution in [0.2, 0.25) is 0 Å². The quantitative estimate of drug-likeness (QED) is 0.744. The number of likely N-dealkylation sites (tertiary alicyclic amines) is 1. The van der Waals surface area contributed by atoms with E-state index < -0.39 is 5.60 Å². The van der Waals surface area contributed by atoms with Crippen molar-refractivity contribution >= 4 is 0 Å². The summed E-state index contributed by atoms with van der Waals surface area (Å²) < 4.78 is 5.54. The molecule has 3 N–H and O–H groups in total. The topological polar surface area (TPSA) is 73.4 Å². The van der Waals surface area contributed by atoms with E-state index in [1.54, 1.807) is 0 Å². The van der Waals surface area contributed by atoms with E-state index in [1.807, 2.05) is 6.07 Å². The number of piperidine rings is 1. The molecule has 1 atom stereocenters. The smallest absolute Gasteiger partial charge is 0.113 e. The lowest BCUT2D eigenvalue weighted by molar-refractivity contribution is -0.0520. The zero-order chi connectivity index (χ0) is 18.5. The van der Waals surface area contributed by atoms with Gasteiger partial charge in [0, 0.05) is 37.7 Å². The molecule has 0 radical (unpaired) electrons. The van der Waals surface area contributed by atoms with Gasteiger partial charge < -0.3 is 20.1 Å². The van der Waals surface area contributed by atoms with Gasteiger partial charge in [-0.05, 0) is 37.6 Å². The van der Waals surface area contributed by atoms with Crippen molar-refractivity contribution in [3.63, 3.8) is 0 Å². The van der Waals surface area contributed by atoms with Gasteiger partial charge in [-0.25, -0.2) is 0 Å². The molecule has 4 rings (SSSR count). The summed E-state index contributed by atoms with van der Waals surface area (Å²) in [5.41, 5.74) is 2.88. The van der Waals surface area contributed by atoms with Crippen molar-refractivity contribution in [3.8, 4) is 0 Å². The molecule has 2 fully saturated rings. The number of nitrogens with zero attached hydrogens (tertiary/aromatic N) is 2. The minimum absolute atomic E-state index is 0.419. The Balaban J connectivity index is 1.29. The molecule has 146 valence electrons. The van der Waals surface area contributed by atoms with Crippen LogP contribution in [-0.2, 0) is 11.2 Å². The maximum absolute atomic E-state index is 10.8. The van der Waals surface area contributed by atoms with E-state index in [0.717, 1.165) is 38.9 Å². The van der Waals surface area contributed by atoms with Gasteiger partial charge in [-0.2, -0.15) is 5.10 Å². The van der Waals surface area contributed by atoms with Crippen LogP contribution in [0.25, 0.3) is 0 Å². The summed E-state index contributed by atoms with van der Waals surface area (Å²) in [7, 11) is 0. The van der Waals surface area contributed by atoms with E-state index >= 15 is 0 Å². The number of aromatic nitrogens is 2. The molecule has 3 heterocycles. The number of rotatable bonds is 5. The van der Waals surface area contributed by atoms with Crippen molar-refractivity contribution in [1.82, 2.24) is 20.4 Å². The highest BCUT2D eigenvalue weighted by molar-refractivity contribution is 5.23. The predicted octanol–water partition coefficient (Wildman–Crippen LogP) is 1.53. The van der Waals surface area contributed by atoms with Gasteiger partial charge in [0.05, 0.1) is 18.9 Å². The largest absolute Gasteiger partial charge is 0.385 e. The van der Waals surface area contributed by atoms with E-state index in [2.05, 4.69) is 50.7 Å². The molecular weight excluding hydrogens is 340 g/mol. The average Bonchev–Trinajstić information content (AvgIpc) is 3.04. The molecule has 2 aromatic rings. The highest BCUT2D eigenvalue weighted by Crippen LogP contribution is 2.28. The molecule has 1 aromatic carbocycles. The van der Waals surface area contributed by atoms with Gasteiger partial charge >= 0.3 is 0 Å². The van der Waals surface area contributed by atoms with Crippen LogP contribution in [0.3, 0.4) is 0 Å². The Bertz CT molecular complexity index is 702. The van der Waals surface area contributed by atoms with E-state index in [0.29, 0.717) is 32.2 Å². The van der Waals surface area contributed by atoms with Gasteiger partial charge in [-0.1, -0.05) is 30.3 Å². The van der Waals surface area contributed by atoms with Gasteiger partial charge in [0.2, 0.25) is 0 Å². The van der Waals surface area contributed by atoms with Crippen molar-refractivity contribution in [2.24, 2.45) is 0 Å². The fraction of sp³-hybridized carbons (Fsp3) is 0.571. The van der Waals surface area contributed by atoms with Gasteiger partial charge in [0.15, 0.2) is 0 Å². The monoisotopic (exact) mass is 370 g/mol. The van der Waals surface area contributed by atoms with Crippen LogP contribution in [-0.4, -0.2) is 71.7 Å². The fourth-order valence-corrected chi connectivity index (χ4v) is 4.18. The molecule has 0 bridgehead atoms. The van der Waals surface area contributed by atoms with Crippen LogP contribution in [0, 0.1) is 0 Å². The summed E-state index contributed by atoms with van der Waals surface area (Å²) in [6.07, 6.45) is 3.06. The minimum atomic E-state index is -0.779. The van der Waals surface area contributed by atoms with Crippen LogP contribution in [0.5, 0.6) is 0 Å². The van der Waals surface area contributed by atoms with Crippen molar-refractivity contribution in [2.75, 3.05) is 45.9 Å². The second kappa shape index (κ2) is 8.52. The summed E-state index contributed by atoms with van der Waals surface area (Å²) in [6, 6.07) is 12.7. The number of aromatic amines is 1. The maximum Gasteiger partial charge on any atom is 0.113 e. The first-order valence-electron chi connectivity index (χ1n) is 10.0. The molecule has 0 aliphatic carbocycles. The van der Waals surface area contributed by atoms with Gasteiger partial charge in [0.25, 0.3) is 0 Å². The molecule has 27 heavy (non-hydrogen) atoms. The minimum Gasteiger partial charge on any atom is -0.385 e. The third-order valence-corrected chi connectivity index (χ3v) is 5.66. The normalized spacial score (nSPS) is 25.4. The van der Waals surface area contributed by atoms with Gasteiger partial charge in [-0.3, -0.25) is 5.10 Å². The lowest BCUT2D eigenvalue weighted by Gasteiger charge is -2.37. The Morgan fingerprint density at radius 1 is 1.22 bits per heavy atom. The fourth-order valence-electron chi connectivity index (χ4n) is 4.18. The van der Waals surface area contributed by atoms with Gasteiger partial charge in [0.1, 0.15) is 5.60 Å². The molecule has 1 unspecified atom stereocenters. The maximum atomic E-state index is 10.8. The molecule has 2 saturated heterocycles. The van der Waals surface area contributed by atoms with Crippen LogP contribution in [0.15, 0.2) is 36.4 Å². The molecule has 2 aliphatic rings. The lowest BCUT2D eigenvalue weighted by Crippen LogP contribution is -2.52. The highest BCUT2D eigenvalue weighted by Gasteiger charge is 2.33. The summed E-state index contributed by atoms with van der Waals surface area (Å²) in [4.78, 5) is 2.37. The second-order valence-corrected chi connectivity index (χ2v) is 7.98. The molecule has 6 heteroatoms. The molecular formula is C21H30N4O2. The lowest BCUT2D eigenvalue weighted by atomic mass is 9.92. The van der Waals surface area contributed by atoms with Crippen molar-refractivity contribution in [3.05, 3.63) is 53.3 Å². The highest BCUT2D eigenvalue weighted by atomic mass is 16.5. The SMILES string of the molecule is OC1(CN2CCC(c3cc(Cc4ccccc4)[nH]n3)CC2)CNCCOC1. The second-order valence-electron chi connectivity index (χ2n) is 7.98. The Morgan fingerprint density at radius 3 is 2.85 bits per heavy atom. The number of H-pyrrole nitrogens is 1. The van der Waals surface area contributed by atoms with E-state index in [-0.39, 0.29) is 0 Å². The third-order valence-electron chi connectivity index (χ3n) is 5.66. The zero-order valence-electron chi connectivity index (χ0n) is 15.9. The number of hydrogen-bond donors (Lipinski definition) is 3. The first-order chi connectivity index (χ1) is 13.2. The molecule has 1 aromatic heterocycles. The summed E-state index contributed by atoms with van der Waals surface area (Å²) in [5, 5.41) is 21.8. The number of β-amino-alcohol motifs (C(OH)–C–C–N with tert-alkyl or cyclic N) is 1. The number of benzene rings is 1. The van der Waals surface area contributed by atoms with Crippen molar-refractivity contribution < 1.29 is 9.84 Å². The Hall–Kier alpha value is -1.73. The predicted molar refractivity (Wildman–Crippen MR) is 105 cm³/mol. The van der Waals surface area contributed by atoms with Crippen LogP contribution in [0.1, 0.15) is 35.7 Å². The first-order valence-corrected chi connectivity index (χ1v) is 10.0. The molecule has 0 amide bonds. The number of ether oxygens (including phenoxy) is 1. The summed E-state index contributed by atoms with van der Waals surface area (Å²) in [6.45, 7) is 5.18. The number of hydrogen-bond acceptors (Lipinski definition) is 5. The molecule has 6 nitrogen and oxygen atoms in total. The average molecular weight is 370 g/mol.